The monoisotopic (exact) mass is 241 g/mol. The summed E-state index contributed by atoms with van der Waals surface area (Å²) in [5, 5.41) is 8.28. The number of benzene rings is 1. The second-order valence-electron chi connectivity index (χ2n) is 4.92. The molecule has 0 saturated carbocycles. The Hall–Kier alpha value is -1.45. The van der Waals surface area contributed by atoms with Crippen LogP contribution in [-0.2, 0) is 6.54 Å². The van der Waals surface area contributed by atoms with Gasteiger partial charge in [-0.15, -0.1) is 0 Å². The maximum Gasteiger partial charge on any atom is 0.0746 e. The van der Waals surface area contributed by atoms with E-state index < -0.39 is 0 Å². The fourth-order valence-corrected chi connectivity index (χ4v) is 2.59. The van der Waals surface area contributed by atoms with Crippen LogP contribution in [0.1, 0.15) is 18.4 Å². The van der Waals surface area contributed by atoms with Gasteiger partial charge in [0.2, 0.25) is 0 Å². The largest absolute Gasteiger partial charge is 0.315 e. The minimum absolute atomic E-state index is 0.595. The van der Waals surface area contributed by atoms with Gasteiger partial charge in [0.1, 0.15) is 0 Å². The van der Waals surface area contributed by atoms with Crippen molar-refractivity contribution in [1.82, 2.24) is 15.6 Å². The Morgan fingerprint density at radius 3 is 3.11 bits per heavy atom. The summed E-state index contributed by atoms with van der Waals surface area (Å²) in [5.74, 6) is 0. The number of fused-ring (bicyclic) bond motifs is 1. The maximum atomic E-state index is 4.49. The zero-order valence-electron chi connectivity index (χ0n) is 10.5. The van der Waals surface area contributed by atoms with Crippen molar-refractivity contribution in [2.75, 3.05) is 13.1 Å². The molecule has 2 N–H and O–H groups in total. The number of hydrogen-bond acceptors (Lipinski definition) is 3. The van der Waals surface area contributed by atoms with Crippen molar-refractivity contribution in [2.24, 2.45) is 0 Å². The quantitative estimate of drug-likeness (QED) is 0.864. The molecule has 1 saturated heterocycles. The molecule has 2 aromatic rings. The van der Waals surface area contributed by atoms with Crippen LogP contribution in [0.5, 0.6) is 0 Å². The van der Waals surface area contributed by atoms with Gasteiger partial charge in [0.15, 0.2) is 0 Å². The van der Waals surface area contributed by atoms with E-state index in [2.05, 4.69) is 39.9 Å². The zero-order valence-corrected chi connectivity index (χ0v) is 10.5. The van der Waals surface area contributed by atoms with Gasteiger partial charge in [-0.2, -0.15) is 0 Å². The first-order valence-corrected chi connectivity index (χ1v) is 6.70. The number of rotatable bonds is 3. The molecule has 0 bridgehead atoms. The third-order valence-electron chi connectivity index (χ3n) is 3.59. The minimum Gasteiger partial charge on any atom is -0.315 e. The second-order valence-corrected chi connectivity index (χ2v) is 4.92. The lowest BCUT2D eigenvalue weighted by Gasteiger charge is -2.24. The number of nitrogens with zero attached hydrogens (tertiary/aromatic N) is 1. The summed E-state index contributed by atoms with van der Waals surface area (Å²) >= 11 is 0. The van der Waals surface area contributed by atoms with Crippen LogP contribution in [0.4, 0.5) is 0 Å². The fourth-order valence-electron chi connectivity index (χ4n) is 2.59. The molecular weight excluding hydrogens is 222 g/mol. The molecule has 1 fully saturated rings. The van der Waals surface area contributed by atoms with E-state index in [0.29, 0.717) is 6.04 Å². The molecule has 1 atom stereocenters. The van der Waals surface area contributed by atoms with Gasteiger partial charge >= 0.3 is 0 Å². The number of aromatic nitrogens is 1. The number of piperidine rings is 1. The summed E-state index contributed by atoms with van der Waals surface area (Å²) < 4.78 is 0. The van der Waals surface area contributed by atoms with E-state index in [0.717, 1.165) is 25.2 Å². The van der Waals surface area contributed by atoms with Crippen molar-refractivity contribution in [3.05, 3.63) is 42.1 Å². The number of para-hydroxylation sites is 1. The SMILES string of the molecule is c1cnc2c(CNC3CCCNC3)cccc2c1. The third-order valence-corrected chi connectivity index (χ3v) is 3.59. The molecule has 0 spiro atoms. The molecule has 0 aliphatic carbocycles. The summed E-state index contributed by atoms with van der Waals surface area (Å²) in [6.45, 7) is 3.15. The van der Waals surface area contributed by atoms with Crippen LogP contribution in [0.2, 0.25) is 0 Å². The van der Waals surface area contributed by atoms with E-state index in [1.807, 2.05) is 12.3 Å². The normalized spacial score (nSPS) is 20.1. The van der Waals surface area contributed by atoms with Gasteiger partial charge in [-0.05, 0) is 31.0 Å². The smallest absolute Gasteiger partial charge is 0.0746 e. The molecule has 1 aromatic carbocycles. The first kappa shape index (κ1) is 11.6. The van der Waals surface area contributed by atoms with E-state index in [1.165, 1.54) is 23.8 Å². The molecule has 94 valence electrons. The molecule has 3 nitrogen and oxygen atoms in total. The van der Waals surface area contributed by atoms with Crippen LogP contribution in [0.25, 0.3) is 10.9 Å². The third kappa shape index (κ3) is 2.52. The summed E-state index contributed by atoms with van der Waals surface area (Å²) in [4.78, 5) is 4.49. The first-order chi connectivity index (χ1) is 8.93. The fraction of sp³-hybridized carbons (Fsp3) is 0.400. The Bertz CT molecular complexity index is 513. The first-order valence-electron chi connectivity index (χ1n) is 6.70. The Morgan fingerprint density at radius 1 is 1.28 bits per heavy atom. The molecule has 3 rings (SSSR count). The van der Waals surface area contributed by atoms with Crippen molar-refractivity contribution in [1.29, 1.82) is 0 Å². The number of nitrogens with one attached hydrogen (secondary N) is 2. The van der Waals surface area contributed by atoms with Crippen LogP contribution in [-0.4, -0.2) is 24.1 Å². The lowest BCUT2D eigenvalue weighted by atomic mass is 10.1. The molecule has 1 aliphatic rings. The van der Waals surface area contributed by atoms with Crippen LogP contribution in [0.3, 0.4) is 0 Å². The van der Waals surface area contributed by atoms with Gasteiger partial charge < -0.3 is 10.6 Å². The van der Waals surface area contributed by atoms with Gasteiger partial charge in [-0.3, -0.25) is 4.98 Å². The molecule has 1 aliphatic heterocycles. The van der Waals surface area contributed by atoms with Gasteiger partial charge in [-0.1, -0.05) is 24.3 Å². The average Bonchev–Trinajstić information content (AvgIpc) is 2.46. The summed E-state index contributed by atoms with van der Waals surface area (Å²) in [7, 11) is 0. The van der Waals surface area contributed by atoms with Crippen molar-refractivity contribution in [3.63, 3.8) is 0 Å². The topological polar surface area (TPSA) is 37.0 Å². The second kappa shape index (κ2) is 5.46. The van der Waals surface area contributed by atoms with Crippen molar-refractivity contribution in [3.8, 4) is 0 Å². The van der Waals surface area contributed by atoms with Crippen LogP contribution in [0, 0.1) is 0 Å². The molecule has 1 aromatic heterocycles. The lowest BCUT2D eigenvalue weighted by Crippen LogP contribution is -2.42. The van der Waals surface area contributed by atoms with Gasteiger partial charge in [-0.25, -0.2) is 0 Å². The predicted octanol–water partition coefficient (Wildman–Crippen LogP) is 2.08. The summed E-state index contributed by atoms with van der Waals surface area (Å²) in [6, 6.07) is 11.1. The highest BCUT2D eigenvalue weighted by atomic mass is 15.0. The van der Waals surface area contributed by atoms with Crippen molar-refractivity contribution in [2.45, 2.75) is 25.4 Å². The van der Waals surface area contributed by atoms with Gasteiger partial charge in [0.05, 0.1) is 5.52 Å². The Kier molecular flexibility index (Phi) is 3.53. The lowest BCUT2D eigenvalue weighted by molar-refractivity contribution is 0.389. The Balaban J connectivity index is 1.74. The molecule has 0 radical (unpaired) electrons. The Morgan fingerprint density at radius 2 is 2.22 bits per heavy atom. The van der Waals surface area contributed by atoms with E-state index in [1.54, 1.807) is 0 Å². The van der Waals surface area contributed by atoms with Crippen LogP contribution < -0.4 is 10.6 Å². The van der Waals surface area contributed by atoms with E-state index in [4.69, 9.17) is 0 Å². The molecular formula is C15H19N3. The molecule has 2 heterocycles. The molecule has 18 heavy (non-hydrogen) atoms. The summed E-state index contributed by atoms with van der Waals surface area (Å²) in [5.41, 5.74) is 2.41. The minimum atomic E-state index is 0.595. The van der Waals surface area contributed by atoms with Crippen molar-refractivity contribution >= 4 is 10.9 Å². The maximum absolute atomic E-state index is 4.49. The highest BCUT2D eigenvalue weighted by molar-refractivity contribution is 5.81. The standard InChI is InChI=1S/C15H19N3/c1-4-12-6-2-9-17-15(12)13(5-1)10-18-14-7-3-8-16-11-14/h1-2,4-6,9,14,16,18H,3,7-8,10-11H2. The number of hydrogen-bond donors (Lipinski definition) is 2. The van der Waals surface area contributed by atoms with E-state index in [-0.39, 0.29) is 0 Å². The number of pyridine rings is 1. The zero-order chi connectivity index (χ0) is 12.2. The van der Waals surface area contributed by atoms with Gasteiger partial charge in [0, 0.05) is 30.7 Å². The van der Waals surface area contributed by atoms with Gasteiger partial charge in [0.25, 0.3) is 0 Å². The Labute approximate surface area is 108 Å². The highest BCUT2D eigenvalue weighted by Crippen LogP contribution is 2.16. The van der Waals surface area contributed by atoms with Crippen LogP contribution in [0.15, 0.2) is 36.5 Å². The van der Waals surface area contributed by atoms with Crippen molar-refractivity contribution < 1.29 is 0 Å². The molecule has 1 unspecified atom stereocenters. The summed E-state index contributed by atoms with van der Waals surface area (Å²) in [6.07, 6.45) is 4.41. The predicted molar refractivity (Wildman–Crippen MR) is 74.5 cm³/mol. The van der Waals surface area contributed by atoms with E-state index in [9.17, 15) is 0 Å². The van der Waals surface area contributed by atoms with E-state index >= 15 is 0 Å². The van der Waals surface area contributed by atoms with Crippen LogP contribution >= 0.6 is 0 Å². The molecule has 3 heteroatoms. The molecule has 0 amide bonds. The average molecular weight is 241 g/mol. The highest BCUT2D eigenvalue weighted by Gasteiger charge is 2.12.